The average Bonchev–Trinajstić information content (AvgIpc) is 3.27. The Morgan fingerprint density at radius 1 is 1.10 bits per heavy atom. The number of rotatable bonds is 6. The molecule has 0 fully saturated rings. The summed E-state index contributed by atoms with van der Waals surface area (Å²) in [7, 11) is 3.42. The van der Waals surface area contributed by atoms with Gasteiger partial charge in [-0.15, -0.1) is 0 Å². The van der Waals surface area contributed by atoms with Gasteiger partial charge in [-0.1, -0.05) is 6.07 Å². The number of imidazole rings is 1. The Morgan fingerprint density at radius 3 is 2.60 bits per heavy atom. The molecule has 4 aromatic rings. The van der Waals surface area contributed by atoms with Crippen molar-refractivity contribution < 1.29 is 13.9 Å². The minimum absolute atomic E-state index is 0.366. The maximum Gasteiger partial charge on any atom is 0.337 e. The number of carbonyl (C=O) groups excluding carboxylic acids is 1. The highest BCUT2D eigenvalue weighted by Gasteiger charge is 2.16. The number of methoxy groups -OCH3 is 1. The predicted molar refractivity (Wildman–Crippen MR) is 113 cm³/mol. The van der Waals surface area contributed by atoms with Gasteiger partial charge < -0.3 is 13.6 Å². The molecule has 0 spiro atoms. The largest absolute Gasteiger partial charge is 0.465 e. The number of esters is 1. The Labute approximate surface area is 174 Å². The van der Waals surface area contributed by atoms with Gasteiger partial charge in [-0.25, -0.2) is 14.8 Å². The first kappa shape index (κ1) is 19.8. The lowest BCUT2D eigenvalue weighted by Crippen LogP contribution is -2.19. The van der Waals surface area contributed by atoms with Crippen LogP contribution < -0.4 is 0 Å². The van der Waals surface area contributed by atoms with Crippen LogP contribution in [0.25, 0.3) is 17.1 Å². The Kier molecular flexibility index (Phi) is 5.37. The Hall–Kier alpha value is -3.45. The van der Waals surface area contributed by atoms with Crippen molar-refractivity contribution in [3.8, 4) is 11.5 Å². The van der Waals surface area contributed by atoms with Crippen molar-refractivity contribution >= 4 is 11.6 Å². The second-order valence-electron chi connectivity index (χ2n) is 7.34. The van der Waals surface area contributed by atoms with Crippen LogP contribution >= 0.6 is 0 Å². The third-order valence-corrected chi connectivity index (χ3v) is 5.11. The lowest BCUT2D eigenvalue weighted by molar-refractivity contribution is 0.0600. The van der Waals surface area contributed by atoms with Crippen LogP contribution in [0.5, 0.6) is 0 Å². The van der Waals surface area contributed by atoms with Crippen molar-refractivity contribution in [1.29, 1.82) is 0 Å². The van der Waals surface area contributed by atoms with Crippen LogP contribution in [0.15, 0.2) is 53.1 Å². The number of benzene rings is 1. The minimum Gasteiger partial charge on any atom is -0.465 e. The summed E-state index contributed by atoms with van der Waals surface area (Å²) in [4.78, 5) is 23.1. The van der Waals surface area contributed by atoms with Crippen LogP contribution in [0.2, 0.25) is 0 Å². The van der Waals surface area contributed by atoms with E-state index >= 15 is 0 Å². The van der Waals surface area contributed by atoms with E-state index in [1.807, 2.05) is 50.4 Å². The van der Waals surface area contributed by atoms with Crippen molar-refractivity contribution in [2.24, 2.45) is 0 Å². The maximum absolute atomic E-state index is 11.6. The van der Waals surface area contributed by atoms with E-state index in [4.69, 9.17) is 9.15 Å². The molecule has 7 heteroatoms. The first-order valence-electron chi connectivity index (χ1n) is 9.72. The summed E-state index contributed by atoms with van der Waals surface area (Å²) in [6.07, 6.45) is 2.04. The summed E-state index contributed by atoms with van der Waals surface area (Å²) >= 11 is 0. The summed E-state index contributed by atoms with van der Waals surface area (Å²) in [5, 5.41) is 0. The molecule has 7 nitrogen and oxygen atoms in total. The fourth-order valence-corrected chi connectivity index (χ4v) is 3.49. The van der Waals surface area contributed by atoms with Gasteiger partial charge in [0.15, 0.2) is 0 Å². The van der Waals surface area contributed by atoms with Gasteiger partial charge in [-0.3, -0.25) is 4.90 Å². The van der Waals surface area contributed by atoms with Crippen LogP contribution in [0, 0.1) is 13.8 Å². The molecule has 0 amide bonds. The molecule has 1 aromatic carbocycles. The third kappa shape index (κ3) is 3.84. The first-order chi connectivity index (χ1) is 14.5. The first-order valence-corrected chi connectivity index (χ1v) is 9.72. The molecule has 3 aromatic heterocycles. The molecule has 0 saturated heterocycles. The summed E-state index contributed by atoms with van der Waals surface area (Å²) < 4.78 is 12.7. The molecule has 4 rings (SSSR count). The monoisotopic (exact) mass is 404 g/mol. The van der Waals surface area contributed by atoms with E-state index < -0.39 is 0 Å². The lowest BCUT2D eigenvalue weighted by atomic mass is 10.1. The molecular formula is C23H24N4O3. The molecular weight excluding hydrogens is 380 g/mol. The van der Waals surface area contributed by atoms with Crippen LogP contribution in [0.4, 0.5) is 0 Å². The fraction of sp³-hybridized carbons (Fsp3) is 0.261. The normalized spacial score (nSPS) is 11.4. The molecule has 0 aliphatic heterocycles. The second kappa shape index (κ2) is 8.12. The van der Waals surface area contributed by atoms with Crippen molar-refractivity contribution in [3.63, 3.8) is 0 Å². The van der Waals surface area contributed by atoms with E-state index in [2.05, 4.69) is 26.3 Å². The lowest BCUT2D eigenvalue weighted by Gasteiger charge is -2.15. The van der Waals surface area contributed by atoms with Crippen LogP contribution in [0.3, 0.4) is 0 Å². The van der Waals surface area contributed by atoms with Gasteiger partial charge in [0.25, 0.3) is 0 Å². The fourth-order valence-electron chi connectivity index (χ4n) is 3.49. The molecule has 154 valence electrons. The van der Waals surface area contributed by atoms with Crippen molar-refractivity contribution in [2.75, 3.05) is 14.2 Å². The molecule has 3 heterocycles. The molecule has 0 unspecified atom stereocenters. The average molecular weight is 404 g/mol. The number of hydrogen-bond acceptors (Lipinski definition) is 6. The number of aryl methyl sites for hydroxylation is 2. The standard InChI is InChI=1S/C23H24N4O3/c1-15-20(27-12-6-5-7-21(27)24-15)14-26(3)13-19-16(2)30-22(25-19)17-8-10-18(11-9-17)23(28)29-4/h5-12H,13-14H2,1-4H3. The van der Waals surface area contributed by atoms with E-state index in [-0.39, 0.29) is 5.97 Å². The Balaban J connectivity index is 1.50. The smallest absolute Gasteiger partial charge is 0.337 e. The molecule has 0 radical (unpaired) electrons. The van der Waals surface area contributed by atoms with E-state index in [0.29, 0.717) is 18.0 Å². The van der Waals surface area contributed by atoms with Crippen molar-refractivity contribution in [3.05, 3.63) is 77.1 Å². The number of hydrogen-bond donors (Lipinski definition) is 0. The van der Waals surface area contributed by atoms with Gasteiger partial charge in [0.05, 0.1) is 29.8 Å². The van der Waals surface area contributed by atoms with E-state index in [9.17, 15) is 4.79 Å². The van der Waals surface area contributed by atoms with Gasteiger partial charge in [0.2, 0.25) is 5.89 Å². The highest BCUT2D eigenvalue weighted by Crippen LogP contribution is 2.24. The van der Waals surface area contributed by atoms with Crippen LogP contribution in [0.1, 0.15) is 33.2 Å². The molecule has 0 saturated carbocycles. The Bertz CT molecular complexity index is 1190. The van der Waals surface area contributed by atoms with E-state index in [0.717, 1.165) is 40.6 Å². The predicted octanol–water partition coefficient (Wildman–Crippen LogP) is 4.02. The zero-order valence-corrected chi connectivity index (χ0v) is 17.5. The van der Waals surface area contributed by atoms with Gasteiger partial charge >= 0.3 is 5.97 Å². The topological polar surface area (TPSA) is 72.9 Å². The number of nitrogens with zero attached hydrogens (tertiary/aromatic N) is 4. The van der Waals surface area contributed by atoms with Crippen molar-refractivity contribution in [2.45, 2.75) is 26.9 Å². The zero-order chi connectivity index (χ0) is 21.3. The SMILES string of the molecule is COC(=O)c1ccc(-c2nc(CN(C)Cc3c(C)nc4ccccn34)c(C)o2)cc1. The number of aromatic nitrogens is 3. The van der Waals surface area contributed by atoms with Crippen molar-refractivity contribution in [1.82, 2.24) is 19.3 Å². The van der Waals surface area contributed by atoms with Crippen LogP contribution in [-0.2, 0) is 17.8 Å². The number of pyridine rings is 1. The maximum atomic E-state index is 11.6. The Morgan fingerprint density at radius 2 is 1.87 bits per heavy atom. The van der Waals surface area contributed by atoms with E-state index in [1.165, 1.54) is 7.11 Å². The molecule has 0 N–H and O–H groups in total. The molecule has 30 heavy (non-hydrogen) atoms. The van der Waals surface area contributed by atoms with Gasteiger partial charge in [0, 0.05) is 24.8 Å². The zero-order valence-electron chi connectivity index (χ0n) is 17.5. The van der Waals surface area contributed by atoms with Gasteiger partial charge in [0.1, 0.15) is 11.4 Å². The quantitative estimate of drug-likeness (QED) is 0.452. The number of oxazole rings is 1. The van der Waals surface area contributed by atoms with Gasteiger partial charge in [-0.05, 0) is 57.3 Å². The molecule has 0 aliphatic carbocycles. The minimum atomic E-state index is -0.366. The number of ether oxygens (including phenoxy) is 1. The molecule has 0 bridgehead atoms. The number of fused-ring (bicyclic) bond motifs is 1. The highest BCUT2D eigenvalue weighted by molar-refractivity contribution is 5.89. The highest BCUT2D eigenvalue weighted by atomic mass is 16.5. The molecule has 0 atom stereocenters. The van der Waals surface area contributed by atoms with Gasteiger partial charge in [-0.2, -0.15) is 0 Å². The third-order valence-electron chi connectivity index (χ3n) is 5.11. The number of carbonyl (C=O) groups is 1. The summed E-state index contributed by atoms with van der Waals surface area (Å²) in [6.45, 7) is 5.34. The summed E-state index contributed by atoms with van der Waals surface area (Å²) in [5.41, 5.74) is 5.33. The van der Waals surface area contributed by atoms with E-state index in [1.54, 1.807) is 12.1 Å². The summed E-state index contributed by atoms with van der Waals surface area (Å²) in [6, 6.07) is 13.1. The molecule has 0 aliphatic rings. The second-order valence-corrected chi connectivity index (χ2v) is 7.34. The summed E-state index contributed by atoms with van der Waals surface area (Å²) in [5.74, 6) is 0.956. The van der Waals surface area contributed by atoms with Crippen LogP contribution in [-0.4, -0.2) is 39.4 Å².